The Morgan fingerprint density at radius 1 is 0.867 bits per heavy atom. The lowest BCUT2D eigenvalue weighted by molar-refractivity contribution is -0.274. The number of alkyl halides is 3. The second-order valence-corrected chi connectivity index (χ2v) is 17.2. The van der Waals surface area contributed by atoms with Gasteiger partial charge in [0, 0.05) is 36.6 Å². The van der Waals surface area contributed by atoms with Gasteiger partial charge in [0.25, 0.3) is 5.91 Å². The largest absolute Gasteiger partial charge is 0.573 e. The summed E-state index contributed by atoms with van der Waals surface area (Å²) in [7, 11) is -1.95. The lowest BCUT2D eigenvalue weighted by Crippen LogP contribution is -2.46. The summed E-state index contributed by atoms with van der Waals surface area (Å²) in [5.41, 5.74) is 4.28. The Hall–Kier alpha value is -4.16. The van der Waals surface area contributed by atoms with Crippen LogP contribution in [0.15, 0.2) is 73.1 Å². The standard InChI is InChI=1S/C33H37F3N4O4Si/c1-32(2,3)45(4,5)43-21-20-39-18-19-40-30(31(39)41)28(29(38-40)25-14-16-37-17-15-25)24-8-12-26(13-9-24)42-22-23-6-10-27(11-7-23)44-33(34,35)36/h6-17H,18-22H2,1-5H3. The second-order valence-electron chi connectivity index (χ2n) is 12.4. The number of nitrogens with zero attached hydrogens (tertiary/aromatic N) is 4. The number of fused-ring (bicyclic) bond motifs is 1. The first-order chi connectivity index (χ1) is 21.2. The minimum Gasteiger partial charge on any atom is -0.489 e. The summed E-state index contributed by atoms with van der Waals surface area (Å²) < 4.78 is 55.3. The van der Waals surface area contributed by atoms with Gasteiger partial charge in [0.1, 0.15) is 29.5 Å². The van der Waals surface area contributed by atoms with E-state index in [9.17, 15) is 18.0 Å². The zero-order valence-corrected chi connectivity index (χ0v) is 27.0. The smallest absolute Gasteiger partial charge is 0.489 e. The topological polar surface area (TPSA) is 78.7 Å². The molecule has 8 nitrogen and oxygen atoms in total. The van der Waals surface area contributed by atoms with Crippen molar-refractivity contribution in [2.45, 2.75) is 58.4 Å². The SMILES string of the molecule is CC(C)(C)[Si](C)(C)OCCN1CCn2nc(-c3ccncc3)c(-c3ccc(OCc4ccc(OC(F)(F)F)cc4)cc3)c2C1=O. The number of carbonyl (C=O) groups excluding carboxylic acids is 1. The first-order valence-electron chi connectivity index (χ1n) is 14.7. The van der Waals surface area contributed by atoms with Crippen molar-refractivity contribution in [3.05, 3.63) is 84.3 Å². The second kappa shape index (κ2) is 12.7. The van der Waals surface area contributed by atoms with E-state index in [2.05, 4.69) is 43.6 Å². The van der Waals surface area contributed by atoms with E-state index in [1.165, 1.54) is 24.3 Å². The number of ether oxygens (including phenoxy) is 2. The molecule has 0 aliphatic carbocycles. The maximum Gasteiger partial charge on any atom is 0.573 e. The molecule has 1 aliphatic rings. The van der Waals surface area contributed by atoms with Crippen molar-refractivity contribution in [1.82, 2.24) is 19.7 Å². The van der Waals surface area contributed by atoms with Gasteiger partial charge in [-0.05, 0) is 65.7 Å². The molecule has 0 saturated heterocycles. The van der Waals surface area contributed by atoms with Crippen molar-refractivity contribution in [2.24, 2.45) is 0 Å². The maximum atomic E-state index is 13.9. The number of amides is 1. The first-order valence-corrected chi connectivity index (χ1v) is 17.6. The van der Waals surface area contributed by atoms with Gasteiger partial charge < -0.3 is 18.8 Å². The Kier molecular flexibility index (Phi) is 9.08. The molecule has 0 unspecified atom stereocenters. The summed E-state index contributed by atoms with van der Waals surface area (Å²) in [5.74, 6) is 0.180. The summed E-state index contributed by atoms with van der Waals surface area (Å²) in [6.45, 7) is 13.2. The van der Waals surface area contributed by atoms with Crippen molar-refractivity contribution < 1.29 is 31.9 Å². The molecule has 0 atom stereocenters. The van der Waals surface area contributed by atoms with Crippen LogP contribution >= 0.6 is 0 Å². The van der Waals surface area contributed by atoms with Gasteiger partial charge in [-0.2, -0.15) is 5.10 Å². The van der Waals surface area contributed by atoms with Gasteiger partial charge in [0.2, 0.25) is 0 Å². The molecule has 0 saturated carbocycles. The van der Waals surface area contributed by atoms with E-state index in [4.69, 9.17) is 14.3 Å². The quantitative estimate of drug-likeness (QED) is 0.167. The fraction of sp³-hybridized carbons (Fsp3) is 0.364. The Labute approximate surface area is 261 Å². The Morgan fingerprint density at radius 2 is 1.51 bits per heavy atom. The van der Waals surface area contributed by atoms with Gasteiger partial charge in [-0.1, -0.05) is 45.0 Å². The van der Waals surface area contributed by atoms with E-state index in [-0.39, 0.29) is 23.3 Å². The van der Waals surface area contributed by atoms with Gasteiger partial charge in [0.05, 0.1) is 13.2 Å². The highest BCUT2D eigenvalue weighted by Crippen LogP contribution is 2.38. The molecule has 12 heteroatoms. The molecule has 2 aromatic heterocycles. The number of hydrogen-bond acceptors (Lipinski definition) is 6. The molecule has 238 valence electrons. The average Bonchev–Trinajstić information content (AvgIpc) is 3.38. The van der Waals surface area contributed by atoms with Crippen LogP contribution in [0.1, 0.15) is 36.8 Å². The van der Waals surface area contributed by atoms with Crippen molar-refractivity contribution in [2.75, 3.05) is 19.7 Å². The summed E-state index contributed by atoms with van der Waals surface area (Å²) in [6, 6.07) is 16.6. The van der Waals surface area contributed by atoms with Gasteiger partial charge in [-0.15, -0.1) is 13.2 Å². The predicted molar refractivity (Wildman–Crippen MR) is 167 cm³/mol. The van der Waals surface area contributed by atoms with E-state index in [1.54, 1.807) is 29.2 Å². The summed E-state index contributed by atoms with van der Waals surface area (Å²) >= 11 is 0. The van der Waals surface area contributed by atoms with E-state index < -0.39 is 14.7 Å². The Bertz CT molecular complexity index is 1620. The number of pyridine rings is 1. The van der Waals surface area contributed by atoms with Crippen molar-refractivity contribution >= 4 is 14.2 Å². The highest BCUT2D eigenvalue weighted by Gasteiger charge is 2.38. The van der Waals surface area contributed by atoms with Crippen molar-refractivity contribution in [3.63, 3.8) is 0 Å². The molecule has 2 aromatic carbocycles. The third-order valence-corrected chi connectivity index (χ3v) is 12.9. The van der Waals surface area contributed by atoms with Crippen molar-refractivity contribution in [1.29, 1.82) is 0 Å². The average molecular weight is 639 g/mol. The molecular weight excluding hydrogens is 601 g/mol. The number of halogens is 3. The fourth-order valence-electron chi connectivity index (χ4n) is 4.81. The molecule has 1 aliphatic heterocycles. The van der Waals surface area contributed by atoms with Gasteiger partial charge >= 0.3 is 6.36 Å². The van der Waals surface area contributed by atoms with Crippen LogP contribution in [0, 0.1) is 0 Å². The van der Waals surface area contributed by atoms with Crippen molar-refractivity contribution in [3.8, 4) is 33.9 Å². The minimum atomic E-state index is -4.74. The predicted octanol–water partition coefficient (Wildman–Crippen LogP) is 7.57. The van der Waals surface area contributed by atoms with Crippen LogP contribution < -0.4 is 9.47 Å². The number of carbonyl (C=O) groups is 1. The fourth-order valence-corrected chi connectivity index (χ4v) is 5.84. The summed E-state index contributed by atoms with van der Waals surface area (Å²) in [6.07, 6.45) is -1.35. The first kappa shape index (κ1) is 32.2. The summed E-state index contributed by atoms with van der Waals surface area (Å²) in [4.78, 5) is 19.9. The van der Waals surface area contributed by atoms with Crippen LogP contribution in [-0.4, -0.2) is 59.9 Å². The van der Waals surface area contributed by atoms with E-state index in [1.807, 2.05) is 29.2 Å². The lowest BCUT2D eigenvalue weighted by atomic mass is 9.98. The molecule has 0 N–H and O–H groups in total. The third kappa shape index (κ3) is 7.56. The van der Waals surface area contributed by atoms with Crippen LogP contribution in [0.4, 0.5) is 13.2 Å². The van der Waals surface area contributed by atoms with Gasteiger partial charge in [0.15, 0.2) is 8.32 Å². The lowest BCUT2D eigenvalue weighted by Gasteiger charge is -2.37. The van der Waals surface area contributed by atoms with Gasteiger partial charge in [-0.25, -0.2) is 0 Å². The molecule has 3 heterocycles. The molecule has 45 heavy (non-hydrogen) atoms. The zero-order valence-electron chi connectivity index (χ0n) is 26.0. The zero-order chi connectivity index (χ0) is 32.4. The van der Waals surface area contributed by atoms with Gasteiger partial charge in [-0.3, -0.25) is 14.5 Å². The van der Waals surface area contributed by atoms with Crippen LogP contribution in [0.5, 0.6) is 11.5 Å². The van der Waals surface area contributed by atoms with Crippen LogP contribution in [0.25, 0.3) is 22.4 Å². The monoisotopic (exact) mass is 638 g/mol. The highest BCUT2D eigenvalue weighted by molar-refractivity contribution is 6.74. The number of aromatic nitrogens is 3. The highest BCUT2D eigenvalue weighted by atomic mass is 28.4. The van der Waals surface area contributed by atoms with Crippen LogP contribution in [-0.2, 0) is 17.6 Å². The molecular formula is C33H37F3N4O4Si. The Morgan fingerprint density at radius 3 is 2.13 bits per heavy atom. The molecule has 0 fully saturated rings. The number of benzene rings is 2. The molecule has 0 radical (unpaired) electrons. The molecule has 0 spiro atoms. The third-order valence-electron chi connectivity index (χ3n) is 8.31. The van der Waals surface area contributed by atoms with E-state index >= 15 is 0 Å². The summed E-state index contributed by atoms with van der Waals surface area (Å²) in [5, 5.41) is 4.95. The van der Waals surface area contributed by atoms with Crippen LogP contribution in [0.3, 0.4) is 0 Å². The normalized spacial score (nSPS) is 14.0. The number of hydrogen-bond donors (Lipinski definition) is 0. The number of rotatable bonds is 10. The maximum absolute atomic E-state index is 13.9. The molecule has 1 amide bonds. The molecule has 4 aromatic rings. The minimum absolute atomic E-state index is 0.0796. The Balaban J connectivity index is 1.35. The van der Waals surface area contributed by atoms with Crippen LogP contribution in [0.2, 0.25) is 18.1 Å². The van der Waals surface area contributed by atoms with E-state index in [0.29, 0.717) is 48.9 Å². The molecule has 0 bridgehead atoms. The molecule has 5 rings (SSSR count). The van der Waals surface area contributed by atoms with E-state index in [0.717, 1.165) is 16.7 Å².